The van der Waals surface area contributed by atoms with Gasteiger partial charge in [-0.15, -0.1) is 0 Å². The number of aromatic hydroxyl groups is 2. The van der Waals surface area contributed by atoms with Crippen LogP contribution in [0, 0.1) is 5.92 Å². The Balaban J connectivity index is 2.20. The summed E-state index contributed by atoms with van der Waals surface area (Å²) in [7, 11) is 1.37. The molecule has 282 valence electrons. The number of aliphatic hydroxyl groups excluding tert-OH is 1. The molecule has 9 N–H and O–H groups in total. The zero-order valence-electron chi connectivity index (χ0n) is 30.2. The van der Waals surface area contributed by atoms with Crippen LogP contribution in [-0.2, 0) is 36.8 Å². The number of nitrogens with one attached hydrogen (secondary N) is 3. The van der Waals surface area contributed by atoms with E-state index in [4.69, 9.17) is 5.73 Å². The van der Waals surface area contributed by atoms with Crippen molar-refractivity contribution in [2.24, 2.45) is 11.7 Å². The van der Waals surface area contributed by atoms with Crippen LogP contribution in [-0.4, -0.2) is 98.3 Å². The first kappa shape index (κ1) is 42.5. The lowest BCUT2D eigenvalue weighted by molar-refractivity contribution is -0.145. The number of carboxylic acid groups (broad SMARTS) is 1. The topological polar surface area (TPSA) is 232 Å². The number of carboxylic acids is 1. The molecule has 6 atom stereocenters. The monoisotopic (exact) mass is 713 g/mol. The highest BCUT2D eigenvalue weighted by atomic mass is 16.4. The predicted octanol–water partition coefficient (Wildman–Crippen LogP) is 1.97. The fourth-order valence-corrected chi connectivity index (χ4v) is 5.46. The van der Waals surface area contributed by atoms with Crippen molar-refractivity contribution in [3.63, 3.8) is 0 Å². The Bertz CT molecular complexity index is 1430. The molecule has 0 aromatic heterocycles. The highest BCUT2D eigenvalue weighted by Gasteiger charge is 2.36. The van der Waals surface area contributed by atoms with Crippen LogP contribution in [0.3, 0.4) is 0 Å². The molecule has 14 nitrogen and oxygen atoms in total. The van der Waals surface area contributed by atoms with Gasteiger partial charge in [0.15, 0.2) is 0 Å². The number of unbranched alkanes of at least 4 members (excludes halogenated alkanes) is 4. The molecule has 0 radical (unpaired) electrons. The maximum absolute atomic E-state index is 14.0. The Morgan fingerprint density at radius 3 is 1.78 bits per heavy atom. The molecule has 0 aliphatic heterocycles. The number of hydrogen-bond acceptors (Lipinski definition) is 9. The van der Waals surface area contributed by atoms with E-state index in [-0.39, 0.29) is 24.3 Å². The second-order valence-corrected chi connectivity index (χ2v) is 13.4. The van der Waals surface area contributed by atoms with Crippen LogP contribution in [0.25, 0.3) is 0 Å². The molecule has 0 heterocycles. The van der Waals surface area contributed by atoms with Crippen LogP contribution < -0.4 is 21.7 Å². The third-order valence-corrected chi connectivity index (χ3v) is 8.77. The molecule has 0 bridgehead atoms. The van der Waals surface area contributed by atoms with Gasteiger partial charge in [0.05, 0.1) is 0 Å². The first-order chi connectivity index (χ1) is 24.0. The van der Waals surface area contributed by atoms with Gasteiger partial charge in [-0.05, 0) is 54.7 Å². The molecule has 0 fully saturated rings. The molecule has 4 amide bonds. The van der Waals surface area contributed by atoms with Gasteiger partial charge in [-0.25, -0.2) is 4.79 Å². The molecule has 0 aliphatic rings. The maximum Gasteiger partial charge on any atom is 0.326 e. The second kappa shape index (κ2) is 20.9. The van der Waals surface area contributed by atoms with E-state index in [2.05, 4.69) is 22.9 Å². The number of carbonyl (C=O) groups excluding carboxylic acids is 4. The van der Waals surface area contributed by atoms with Crippen LogP contribution in [0.1, 0.15) is 77.3 Å². The lowest BCUT2D eigenvalue weighted by Gasteiger charge is -2.33. The quantitative estimate of drug-likeness (QED) is 0.0877. The van der Waals surface area contributed by atoms with Crippen molar-refractivity contribution in [2.45, 2.75) is 115 Å². The minimum atomic E-state index is -1.53. The van der Waals surface area contributed by atoms with Gasteiger partial charge in [0.1, 0.15) is 41.8 Å². The summed E-state index contributed by atoms with van der Waals surface area (Å²) in [4.78, 5) is 67.0. The average molecular weight is 714 g/mol. The molecular weight excluding hydrogens is 658 g/mol. The molecule has 14 heteroatoms. The van der Waals surface area contributed by atoms with E-state index < -0.39 is 71.8 Å². The molecular formula is C37H55N5O9. The number of carbonyl (C=O) groups is 5. The Morgan fingerprint density at radius 1 is 0.745 bits per heavy atom. The SMILES string of the molecule is CCCCCCCC(N)[C@@H](O)C(=O)N[C@@H](C)C(=O)N[C@H](C(=O)N(C)[C@@H](Cc1ccc(O)cc1)C(=O)N[C@@H](Cc1ccc(O)cc1)C(=O)O)C(C)C. The number of amides is 4. The molecule has 0 saturated heterocycles. The number of phenols is 2. The van der Waals surface area contributed by atoms with Gasteiger partial charge in [0.25, 0.3) is 5.91 Å². The van der Waals surface area contributed by atoms with E-state index in [1.807, 2.05) is 0 Å². The van der Waals surface area contributed by atoms with Gasteiger partial charge in [-0.2, -0.15) is 0 Å². The summed E-state index contributed by atoms with van der Waals surface area (Å²) in [6, 6.07) is 6.12. The van der Waals surface area contributed by atoms with E-state index in [9.17, 15) is 44.4 Å². The first-order valence-electron chi connectivity index (χ1n) is 17.5. The number of aliphatic hydroxyl groups is 1. The van der Waals surface area contributed by atoms with Crippen LogP contribution in [0.15, 0.2) is 48.5 Å². The number of hydrogen-bond donors (Lipinski definition) is 8. The summed E-state index contributed by atoms with van der Waals surface area (Å²) in [5, 5.41) is 47.4. The molecule has 0 aliphatic carbocycles. The lowest BCUT2D eigenvalue weighted by atomic mass is 9.98. The average Bonchev–Trinajstić information content (AvgIpc) is 3.09. The number of likely N-dealkylation sites (N-methyl/N-ethyl adjacent to an activating group) is 1. The Morgan fingerprint density at radius 2 is 1.27 bits per heavy atom. The van der Waals surface area contributed by atoms with Crippen LogP contribution in [0.5, 0.6) is 11.5 Å². The minimum Gasteiger partial charge on any atom is -0.508 e. The Labute approximate surface area is 299 Å². The van der Waals surface area contributed by atoms with E-state index >= 15 is 0 Å². The molecule has 51 heavy (non-hydrogen) atoms. The van der Waals surface area contributed by atoms with E-state index in [0.29, 0.717) is 17.5 Å². The number of nitrogens with two attached hydrogens (primary N) is 1. The summed E-state index contributed by atoms with van der Waals surface area (Å²) in [5.74, 6) is -4.73. The number of aliphatic carboxylic acids is 1. The standard InChI is InChI=1S/C37H55N5O9/c1-6-7-8-9-10-11-28(38)32(45)35(48)39-23(4)33(46)41-31(22(2)3)36(49)42(5)30(21-25-14-18-27(44)19-15-25)34(47)40-29(37(50)51)20-24-12-16-26(43)17-13-24/h12-19,22-23,28-32,43-45H,6-11,20-21,38H2,1-5H3,(H,39,48)(H,40,47)(H,41,46)(H,50,51)/t23-,28?,29-,30-,31-,32+/m0/s1. The summed E-state index contributed by atoms with van der Waals surface area (Å²) in [6.45, 7) is 6.89. The van der Waals surface area contributed by atoms with Gasteiger partial charge in [0.2, 0.25) is 17.7 Å². The Hall–Kier alpha value is -4.69. The van der Waals surface area contributed by atoms with Gasteiger partial charge in [-0.1, -0.05) is 77.1 Å². The fourth-order valence-electron chi connectivity index (χ4n) is 5.46. The van der Waals surface area contributed by atoms with E-state index in [1.54, 1.807) is 26.0 Å². The van der Waals surface area contributed by atoms with Gasteiger partial charge >= 0.3 is 5.97 Å². The second-order valence-electron chi connectivity index (χ2n) is 13.4. The highest BCUT2D eigenvalue weighted by Crippen LogP contribution is 2.17. The van der Waals surface area contributed by atoms with Gasteiger partial charge < -0.3 is 47.0 Å². The van der Waals surface area contributed by atoms with Crippen LogP contribution >= 0.6 is 0 Å². The highest BCUT2D eigenvalue weighted by molar-refractivity contribution is 5.95. The molecule has 2 rings (SSSR count). The number of nitrogens with zero attached hydrogens (tertiary/aromatic N) is 1. The predicted molar refractivity (Wildman–Crippen MR) is 191 cm³/mol. The third kappa shape index (κ3) is 13.9. The summed E-state index contributed by atoms with van der Waals surface area (Å²) in [6.07, 6.45) is 3.68. The summed E-state index contributed by atoms with van der Waals surface area (Å²) >= 11 is 0. The van der Waals surface area contributed by atoms with Crippen molar-refractivity contribution in [2.75, 3.05) is 7.05 Å². The van der Waals surface area contributed by atoms with E-state index in [1.165, 1.54) is 50.4 Å². The summed E-state index contributed by atoms with van der Waals surface area (Å²) < 4.78 is 0. The van der Waals surface area contributed by atoms with Crippen molar-refractivity contribution in [1.82, 2.24) is 20.9 Å². The van der Waals surface area contributed by atoms with Crippen LogP contribution in [0.2, 0.25) is 0 Å². The maximum atomic E-state index is 14.0. The van der Waals surface area contributed by atoms with Gasteiger partial charge in [-0.3, -0.25) is 19.2 Å². The smallest absolute Gasteiger partial charge is 0.326 e. The molecule has 1 unspecified atom stereocenters. The largest absolute Gasteiger partial charge is 0.508 e. The van der Waals surface area contributed by atoms with Crippen molar-refractivity contribution in [3.05, 3.63) is 59.7 Å². The number of benzene rings is 2. The lowest BCUT2D eigenvalue weighted by Crippen LogP contribution is -2.60. The molecule has 0 saturated carbocycles. The summed E-state index contributed by atoms with van der Waals surface area (Å²) in [5.41, 5.74) is 7.14. The van der Waals surface area contributed by atoms with Crippen molar-refractivity contribution in [3.8, 4) is 11.5 Å². The number of phenolic OH excluding ortho intramolecular Hbond substituents is 2. The van der Waals surface area contributed by atoms with E-state index in [0.717, 1.165) is 37.0 Å². The van der Waals surface area contributed by atoms with Crippen molar-refractivity contribution < 1.29 is 44.4 Å². The molecule has 2 aromatic rings. The normalized spacial score (nSPS) is 14.7. The van der Waals surface area contributed by atoms with Crippen molar-refractivity contribution >= 4 is 29.6 Å². The zero-order valence-corrected chi connectivity index (χ0v) is 30.2. The Kier molecular flexibility index (Phi) is 17.4. The van der Waals surface area contributed by atoms with Crippen LogP contribution in [0.4, 0.5) is 0 Å². The fraction of sp³-hybridized carbons (Fsp3) is 0.541. The number of rotatable bonds is 21. The first-order valence-corrected chi connectivity index (χ1v) is 17.5. The van der Waals surface area contributed by atoms with Gasteiger partial charge in [0, 0.05) is 25.9 Å². The molecule has 0 spiro atoms. The van der Waals surface area contributed by atoms with Crippen molar-refractivity contribution in [1.29, 1.82) is 0 Å². The minimum absolute atomic E-state index is 0.00220. The zero-order chi connectivity index (χ0) is 38.2. The molecule has 2 aromatic carbocycles. The third-order valence-electron chi connectivity index (χ3n) is 8.77.